The zero-order valence-corrected chi connectivity index (χ0v) is 20.1. The van der Waals surface area contributed by atoms with E-state index in [9.17, 15) is 14.4 Å². The van der Waals surface area contributed by atoms with Crippen LogP contribution in [0.1, 0.15) is 65.2 Å². The van der Waals surface area contributed by atoms with Crippen LogP contribution in [0.4, 0.5) is 0 Å². The van der Waals surface area contributed by atoms with Crippen molar-refractivity contribution >= 4 is 17.7 Å². The van der Waals surface area contributed by atoms with Gasteiger partial charge < -0.3 is 4.74 Å². The van der Waals surface area contributed by atoms with E-state index >= 15 is 0 Å². The Morgan fingerprint density at radius 1 is 1.00 bits per heavy atom. The highest BCUT2D eigenvalue weighted by atomic mass is 16.5. The minimum absolute atomic E-state index is 0.129. The number of imide groups is 1. The maximum atomic E-state index is 13.6. The third kappa shape index (κ3) is 3.94. The Morgan fingerprint density at radius 2 is 1.56 bits per heavy atom. The van der Waals surface area contributed by atoms with Crippen molar-refractivity contribution in [2.75, 3.05) is 6.54 Å². The molecule has 0 saturated carbocycles. The molecule has 2 aromatic rings. The zero-order chi connectivity index (χ0) is 24.7. The van der Waals surface area contributed by atoms with Gasteiger partial charge in [-0.15, -0.1) is 0 Å². The number of carbonyl (C=O) groups is 3. The van der Waals surface area contributed by atoms with E-state index < -0.39 is 11.8 Å². The van der Waals surface area contributed by atoms with E-state index in [0.29, 0.717) is 28.9 Å². The molecule has 0 spiro atoms. The summed E-state index contributed by atoms with van der Waals surface area (Å²) in [5, 5.41) is 0. The van der Waals surface area contributed by atoms with E-state index in [0.717, 1.165) is 0 Å². The number of ether oxygens (including phenoxy) is 1. The number of carbonyl (C=O) groups excluding carboxylic acids is 3. The smallest absolute Gasteiger partial charge is 0.261 e. The first-order valence-electron chi connectivity index (χ1n) is 11.4. The summed E-state index contributed by atoms with van der Waals surface area (Å²) in [4.78, 5) is 41.8. The molecule has 2 aromatic carbocycles. The molecule has 6 nitrogen and oxygen atoms in total. The zero-order valence-electron chi connectivity index (χ0n) is 20.1. The molecule has 4 rings (SSSR count). The number of fused-ring (bicyclic) bond motifs is 1. The van der Waals surface area contributed by atoms with Crippen molar-refractivity contribution in [1.82, 2.24) is 9.80 Å². The Labute approximate surface area is 200 Å². The molecular weight excluding hydrogens is 428 g/mol. The fraction of sp³-hybridized carbons (Fsp3) is 0.321. The molecule has 0 unspecified atom stereocenters. The summed E-state index contributed by atoms with van der Waals surface area (Å²) in [7, 11) is 0. The van der Waals surface area contributed by atoms with Crippen molar-refractivity contribution in [1.29, 1.82) is 0 Å². The Morgan fingerprint density at radius 3 is 2.12 bits per heavy atom. The fourth-order valence-corrected chi connectivity index (χ4v) is 4.43. The maximum absolute atomic E-state index is 13.6. The van der Waals surface area contributed by atoms with Gasteiger partial charge in [0.15, 0.2) is 6.23 Å². The Balaban J connectivity index is 1.55. The van der Waals surface area contributed by atoms with Crippen LogP contribution in [0.25, 0.3) is 0 Å². The molecule has 34 heavy (non-hydrogen) atoms. The van der Waals surface area contributed by atoms with E-state index in [1.165, 1.54) is 4.90 Å². The largest absolute Gasteiger partial charge is 0.472 e. The van der Waals surface area contributed by atoms with Gasteiger partial charge in [0.2, 0.25) is 0 Å². The molecule has 1 saturated heterocycles. The topological polar surface area (TPSA) is 66.9 Å². The number of nitrogens with zero attached hydrogens (tertiary/aromatic N) is 2. The van der Waals surface area contributed by atoms with Gasteiger partial charge in [0.1, 0.15) is 11.3 Å². The molecule has 6 heteroatoms. The molecule has 2 aliphatic rings. The molecule has 0 N–H and O–H groups in total. The molecule has 0 aromatic heterocycles. The molecule has 176 valence electrons. The summed E-state index contributed by atoms with van der Waals surface area (Å²) < 4.78 is 6.16. The van der Waals surface area contributed by atoms with Crippen molar-refractivity contribution in [2.24, 2.45) is 5.41 Å². The fourth-order valence-electron chi connectivity index (χ4n) is 4.43. The lowest BCUT2D eigenvalue weighted by molar-refractivity contribution is -0.0319. The van der Waals surface area contributed by atoms with Crippen molar-refractivity contribution in [3.05, 3.63) is 95.8 Å². The molecule has 2 heterocycles. The second-order valence-electron chi connectivity index (χ2n) is 10.0. The molecule has 3 amide bonds. The van der Waals surface area contributed by atoms with E-state index in [-0.39, 0.29) is 29.7 Å². The third-order valence-electron chi connectivity index (χ3n) is 6.45. The second-order valence-corrected chi connectivity index (χ2v) is 10.0. The average molecular weight is 459 g/mol. The SMILES string of the molecule is C=C1O[C@@H](C(C)(C)C)N(C(=O)c2ccccc2)[C@]1(C)C/C=C/CN1C(=O)c2ccccc2C1=O. The van der Waals surface area contributed by atoms with Crippen molar-refractivity contribution in [3.63, 3.8) is 0 Å². The Kier molecular flexibility index (Phi) is 5.94. The molecule has 2 aliphatic heterocycles. The van der Waals surface area contributed by atoms with Gasteiger partial charge in [0.05, 0.1) is 11.1 Å². The van der Waals surface area contributed by atoms with Crippen molar-refractivity contribution < 1.29 is 19.1 Å². The van der Waals surface area contributed by atoms with E-state index in [2.05, 4.69) is 6.58 Å². The molecular formula is C28H30N2O4. The quantitative estimate of drug-likeness (QED) is 0.465. The standard InChI is InChI=1S/C28H30N2O4/c1-19-28(5,17-11-12-18-29-24(32)21-15-9-10-16-22(21)25(29)33)30(26(34-19)27(2,3)4)23(31)20-13-7-6-8-14-20/h6-16,26H,1,17-18H2,2-5H3/b12-11+/t26-,28+/m0/s1. The normalized spacial score (nSPS) is 22.5. The molecule has 1 fully saturated rings. The average Bonchev–Trinajstić information content (AvgIpc) is 3.22. The van der Waals surface area contributed by atoms with Gasteiger partial charge in [-0.2, -0.15) is 0 Å². The third-order valence-corrected chi connectivity index (χ3v) is 6.45. The van der Waals surface area contributed by atoms with Gasteiger partial charge >= 0.3 is 0 Å². The van der Waals surface area contributed by atoms with Gasteiger partial charge in [-0.1, -0.05) is 69.8 Å². The minimum atomic E-state index is -0.788. The highest BCUT2D eigenvalue weighted by Crippen LogP contribution is 2.45. The summed E-state index contributed by atoms with van der Waals surface area (Å²) in [6, 6.07) is 16.0. The van der Waals surface area contributed by atoms with Crippen molar-refractivity contribution in [2.45, 2.75) is 45.9 Å². The van der Waals surface area contributed by atoms with Crippen LogP contribution in [0.2, 0.25) is 0 Å². The molecule has 2 atom stereocenters. The van der Waals surface area contributed by atoms with Crippen LogP contribution in [0.3, 0.4) is 0 Å². The first-order chi connectivity index (χ1) is 16.1. The van der Waals surface area contributed by atoms with Gasteiger partial charge in [-0.25, -0.2) is 0 Å². The van der Waals surface area contributed by atoms with Gasteiger partial charge in [-0.05, 0) is 37.6 Å². The van der Waals surface area contributed by atoms with Crippen molar-refractivity contribution in [3.8, 4) is 0 Å². The minimum Gasteiger partial charge on any atom is -0.472 e. The predicted molar refractivity (Wildman–Crippen MR) is 130 cm³/mol. The number of hydrogen-bond acceptors (Lipinski definition) is 4. The van der Waals surface area contributed by atoms with Crippen LogP contribution >= 0.6 is 0 Å². The summed E-state index contributed by atoms with van der Waals surface area (Å²) in [6.07, 6.45) is 3.62. The lowest BCUT2D eigenvalue weighted by Crippen LogP contribution is -2.53. The lowest BCUT2D eigenvalue weighted by atomic mass is 9.88. The van der Waals surface area contributed by atoms with Gasteiger partial charge in [-0.3, -0.25) is 24.2 Å². The van der Waals surface area contributed by atoms with Gasteiger partial charge in [0.25, 0.3) is 17.7 Å². The molecule has 0 bridgehead atoms. The number of benzene rings is 2. The highest BCUT2D eigenvalue weighted by molar-refractivity contribution is 6.21. The second kappa shape index (κ2) is 8.60. The number of hydrogen-bond donors (Lipinski definition) is 0. The van der Waals surface area contributed by atoms with Crippen LogP contribution in [0.15, 0.2) is 79.1 Å². The maximum Gasteiger partial charge on any atom is 0.261 e. The highest BCUT2D eigenvalue weighted by Gasteiger charge is 2.53. The van der Waals surface area contributed by atoms with Crippen LogP contribution < -0.4 is 0 Å². The first kappa shape index (κ1) is 23.5. The lowest BCUT2D eigenvalue weighted by Gasteiger charge is -2.39. The van der Waals surface area contributed by atoms with Gasteiger partial charge in [0, 0.05) is 17.5 Å². The van der Waals surface area contributed by atoms with Crippen LogP contribution in [0.5, 0.6) is 0 Å². The molecule has 0 aliphatic carbocycles. The van der Waals surface area contributed by atoms with Crippen LogP contribution in [0, 0.1) is 5.41 Å². The van der Waals surface area contributed by atoms with E-state index in [1.54, 1.807) is 47.4 Å². The monoisotopic (exact) mass is 458 g/mol. The number of rotatable bonds is 5. The Bertz CT molecular complexity index is 1140. The van der Waals surface area contributed by atoms with E-state index in [1.807, 2.05) is 52.0 Å². The predicted octanol–water partition coefficient (Wildman–Crippen LogP) is 5.05. The first-order valence-corrected chi connectivity index (χ1v) is 11.4. The summed E-state index contributed by atoms with van der Waals surface area (Å²) in [5.74, 6) is -0.199. The summed E-state index contributed by atoms with van der Waals surface area (Å²) >= 11 is 0. The molecule has 0 radical (unpaired) electrons. The van der Waals surface area contributed by atoms with Crippen LogP contribution in [-0.4, -0.2) is 45.8 Å². The van der Waals surface area contributed by atoms with E-state index in [4.69, 9.17) is 4.74 Å². The summed E-state index contributed by atoms with van der Waals surface area (Å²) in [5.41, 5.74) is 0.311. The summed E-state index contributed by atoms with van der Waals surface area (Å²) in [6.45, 7) is 12.3. The van der Waals surface area contributed by atoms with Crippen LogP contribution in [-0.2, 0) is 4.74 Å². The Hall–Kier alpha value is -3.67. The number of amides is 3.